The van der Waals surface area contributed by atoms with Crippen molar-refractivity contribution in [2.45, 2.75) is 43.7 Å². The molecule has 15 heteroatoms. The van der Waals surface area contributed by atoms with Crippen molar-refractivity contribution in [3.63, 3.8) is 0 Å². The topological polar surface area (TPSA) is 208 Å². The third-order valence-corrected chi connectivity index (χ3v) is 7.66. The van der Waals surface area contributed by atoms with E-state index in [9.17, 15) is 9.90 Å². The van der Waals surface area contributed by atoms with Crippen molar-refractivity contribution in [2.75, 3.05) is 33.9 Å². The Morgan fingerprint density at radius 1 is 0.936 bits per heavy atom. The quantitative estimate of drug-likeness (QED) is 0.0895. The smallest absolute Gasteiger partial charge is 0.303 e. The summed E-state index contributed by atoms with van der Waals surface area (Å²) in [6.45, 7) is -0.261. The van der Waals surface area contributed by atoms with Gasteiger partial charge in [0.15, 0.2) is 0 Å². The molecule has 4 atom stereocenters. The van der Waals surface area contributed by atoms with Crippen molar-refractivity contribution in [1.82, 2.24) is 20.5 Å². The summed E-state index contributed by atoms with van der Waals surface area (Å²) >= 11 is 12.7. The van der Waals surface area contributed by atoms with E-state index in [1.54, 1.807) is 26.6 Å². The number of carboxylic acid groups (broad SMARTS) is 1. The first-order chi connectivity index (χ1) is 22.5. The number of nitrogens with one attached hydrogen (secondary N) is 1. The number of carboxylic acids is 1. The number of aromatic nitrogens is 3. The molecule has 0 bridgehead atoms. The molecule has 0 spiro atoms. The fraction of sp³-hybridized carbons (Fsp3) is 0.375. The Hall–Kier alpha value is -3.66. The molecule has 2 aromatic carbocycles. The lowest BCUT2D eigenvalue weighted by atomic mass is 10.00. The van der Waals surface area contributed by atoms with Crippen LogP contribution in [0.25, 0.3) is 22.0 Å². The molecule has 2 aromatic heterocycles. The molecular formula is C32H38Cl2N4O9. The minimum atomic E-state index is -1.55. The molecule has 0 aliphatic heterocycles. The maximum absolute atomic E-state index is 10.7. The number of ether oxygens (including phenoxy) is 2. The van der Waals surface area contributed by atoms with Crippen LogP contribution in [0.1, 0.15) is 24.1 Å². The number of fused-ring (bicyclic) bond motifs is 1. The molecule has 0 aliphatic rings. The SMILES string of the molecule is CNCC(O)C(O)C(O)C(O)CO.COc1ccc2c(Cc3c(Cl)cncc3Cl)nnc(-c3cccc(OCCCC(=O)O)c3)c2c1. The van der Waals surface area contributed by atoms with Gasteiger partial charge in [-0.05, 0) is 49.4 Å². The van der Waals surface area contributed by atoms with Gasteiger partial charge in [-0.15, -0.1) is 5.10 Å². The van der Waals surface area contributed by atoms with Crippen molar-refractivity contribution in [2.24, 2.45) is 0 Å². The number of halogens is 2. The molecule has 4 aromatic rings. The molecule has 254 valence electrons. The number of pyridine rings is 1. The lowest BCUT2D eigenvalue weighted by Gasteiger charge is -2.25. The Balaban J connectivity index is 0.000000392. The van der Waals surface area contributed by atoms with Crippen molar-refractivity contribution < 1.29 is 44.9 Å². The van der Waals surface area contributed by atoms with Crippen LogP contribution in [0.15, 0.2) is 54.9 Å². The predicted octanol–water partition coefficient (Wildman–Crippen LogP) is 2.48. The highest BCUT2D eigenvalue weighted by Gasteiger charge is 2.29. The van der Waals surface area contributed by atoms with Gasteiger partial charge < -0.3 is 45.4 Å². The van der Waals surface area contributed by atoms with Gasteiger partial charge in [0, 0.05) is 48.1 Å². The van der Waals surface area contributed by atoms with E-state index in [2.05, 4.69) is 20.5 Å². The number of likely N-dealkylation sites (N-methyl/N-ethyl adjacent to an activating group) is 1. The van der Waals surface area contributed by atoms with E-state index in [1.165, 1.54) is 0 Å². The van der Waals surface area contributed by atoms with Crippen LogP contribution in [0.5, 0.6) is 11.5 Å². The van der Waals surface area contributed by atoms with Gasteiger partial charge in [0.25, 0.3) is 0 Å². The molecule has 0 saturated heterocycles. The number of nitrogens with zero attached hydrogens (tertiary/aromatic N) is 3. The predicted molar refractivity (Wildman–Crippen MR) is 176 cm³/mol. The van der Waals surface area contributed by atoms with Gasteiger partial charge in [-0.3, -0.25) is 9.78 Å². The second-order valence-corrected chi connectivity index (χ2v) is 11.2. The standard InChI is InChI=1S/C25H21Cl2N3O4.C7H17NO5/c1-33-16-7-8-18-19(11-16)25(15-4-2-5-17(10-15)34-9-3-6-24(31)32)30-29-23(18)12-20-21(26)13-28-14-22(20)27;1-8-2-4(10)6(12)7(13)5(11)3-9/h2,4-5,7-8,10-11,13-14H,3,6,9,12H2,1H3,(H,31,32);4-13H,2-3H2,1H3. The molecule has 0 fully saturated rings. The maximum Gasteiger partial charge on any atom is 0.303 e. The Kier molecular flexibility index (Phi) is 15.0. The third kappa shape index (κ3) is 10.7. The number of aliphatic hydroxyl groups excluding tert-OH is 5. The largest absolute Gasteiger partial charge is 0.497 e. The van der Waals surface area contributed by atoms with Crippen molar-refractivity contribution in [3.05, 3.63) is 76.2 Å². The number of benzene rings is 2. The third-order valence-electron chi connectivity index (χ3n) is 7.01. The van der Waals surface area contributed by atoms with Gasteiger partial charge in [-0.25, -0.2) is 0 Å². The lowest BCUT2D eigenvalue weighted by molar-refractivity contribution is -0.137. The van der Waals surface area contributed by atoms with E-state index in [-0.39, 0.29) is 13.0 Å². The van der Waals surface area contributed by atoms with E-state index in [4.69, 9.17) is 58.2 Å². The first-order valence-corrected chi connectivity index (χ1v) is 15.3. The molecule has 47 heavy (non-hydrogen) atoms. The first kappa shape index (κ1) is 37.8. The van der Waals surface area contributed by atoms with Crippen LogP contribution < -0.4 is 14.8 Å². The zero-order valence-corrected chi connectivity index (χ0v) is 27.3. The summed E-state index contributed by atoms with van der Waals surface area (Å²) in [7, 11) is 3.18. The fourth-order valence-electron chi connectivity index (χ4n) is 4.47. The van der Waals surface area contributed by atoms with E-state index in [0.717, 1.165) is 27.6 Å². The number of carbonyl (C=O) groups is 1. The van der Waals surface area contributed by atoms with Gasteiger partial charge in [-0.1, -0.05) is 35.3 Å². The Morgan fingerprint density at radius 3 is 2.28 bits per heavy atom. The molecule has 0 radical (unpaired) electrons. The average Bonchev–Trinajstić information content (AvgIpc) is 3.07. The second kappa shape index (κ2) is 18.6. The monoisotopic (exact) mass is 692 g/mol. The van der Waals surface area contributed by atoms with E-state index >= 15 is 0 Å². The van der Waals surface area contributed by atoms with Crippen LogP contribution in [0.2, 0.25) is 10.0 Å². The summed E-state index contributed by atoms with van der Waals surface area (Å²) in [4.78, 5) is 14.7. The first-order valence-electron chi connectivity index (χ1n) is 14.5. The number of rotatable bonds is 15. The Labute approximate surface area is 281 Å². The normalized spacial score (nSPS) is 13.6. The number of aliphatic carboxylic acids is 1. The van der Waals surface area contributed by atoms with E-state index in [0.29, 0.717) is 46.7 Å². The van der Waals surface area contributed by atoms with Gasteiger partial charge >= 0.3 is 5.97 Å². The highest BCUT2D eigenvalue weighted by molar-refractivity contribution is 6.35. The minimum absolute atomic E-state index is 0.0581. The van der Waals surface area contributed by atoms with Crippen LogP contribution in [-0.4, -0.2) is 110 Å². The van der Waals surface area contributed by atoms with E-state index < -0.39 is 37.0 Å². The Bertz CT molecular complexity index is 1590. The molecular weight excluding hydrogens is 655 g/mol. The molecule has 13 nitrogen and oxygen atoms in total. The average molecular weight is 694 g/mol. The van der Waals surface area contributed by atoms with Gasteiger partial charge in [0.1, 0.15) is 35.5 Å². The van der Waals surface area contributed by atoms with Gasteiger partial charge in [0.05, 0.1) is 42.2 Å². The minimum Gasteiger partial charge on any atom is -0.497 e. The highest BCUT2D eigenvalue weighted by Crippen LogP contribution is 2.34. The summed E-state index contributed by atoms with van der Waals surface area (Å²) in [6, 6.07) is 13.2. The van der Waals surface area contributed by atoms with Crippen LogP contribution in [0, 0.1) is 0 Å². The van der Waals surface area contributed by atoms with Crippen molar-refractivity contribution in [3.8, 4) is 22.8 Å². The zero-order chi connectivity index (χ0) is 34.5. The summed E-state index contributed by atoms with van der Waals surface area (Å²) in [6.07, 6.45) is -1.67. The maximum atomic E-state index is 10.7. The summed E-state index contributed by atoms with van der Waals surface area (Å²) in [5.41, 5.74) is 2.93. The molecule has 2 heterocycles. The highest BCUT2D eigenvalue weighted by atomic mass is 35.5. The Morgan fingerprint density at radius 2 is 1.64 bits per heavy atom. The second-order valence-electron chi connectivity index (χ2n) is 10.4. The van der Waals surface area contributed by atoms with Crippen molar-refractivity contribution >= 4 is 39.9 Å². The van der Waals surface area contributed by atoms with Crippen molar-refractivity contribution in [1.29, 1.82) is 0 Å². The molecule has 4 rings (SSSR count). The van der Waals surface area contributed by atoms with Crippen LogP contribution in [-0.2, 0) is 11.2 Å². The molecule has 0 saturated carbocycles. The van der Waals surface area contributed by atoms with E-state index in [1.807, 2.05) is 42.5 Å². The van der Waals surface area contributed by atoms with Crippen LogP contribution >= 0.6 is 23.2 Å². The zero-order valence-electron chi connectivity index (χ0n) is 25.8. The summed E-state index contributed by atoms with van der Waals surface area (Å²) in [5.74, 6) is 0.469. The summed E-state index contributed by atoms with van der Waals surface area (Å²) in [5, 5.41) is 68.0. The number of hydrogen-bond acceptors (Lipinski definition) is 12. The molecule has 0 amide bonds. The molecule has 0 aliphatic carbocycles. The number of methoxy groups -OCH3 is 1. The molecule has 7 N–H and O–H groups in total. The molecule has 4 unspecified atom stereocenters. The van der Waals surface area contributed by atoms with Crippen LogP contribution in [0.4, 0.5) is 0 Å². The fourth-order valence-corrected chi connectivity index (χ4v) is 4.97. The summed E-state index contributed by atoms with van der Waals surface area (Å²) < 4.78 is 11.2. The number of hydrogen-bond donors (Lipinski definition) is 7. The van der Waals surface area contributed by atoms with Gasteiger partial charge in [0.2, 0.25) is 0 Å². The van der Waals surface area contributed by atoms with Crippen LogP contribution in [0.3, 0.4) is 0 Å². The lowest BCUT2D eigenvalue weighted by Crippen LogP contribution is -2.48. The van der Waals surface area contributed by atoms with Gasteiger partial charge in [-0.2, -0.15) is 5.10 Å². The number of aliphatic hydroxyl groups is 5.